The van der Waals surface area contributed by atoms with Gasteiger partial charge >= 0.3 is 5.97 Å². The van der Waals surface area contributed by atoms with Crippen LogP contribution in [-0.2, 0) is 9.53 Å². The van der Waals surface area contributed by atoms with E-state index in [2.05, 4.69) is 53.4 Å². The van der Waals surface area contributed by atoms with E-state index in [1.165, 1.54) is 57.8 Å². The minimum absolute atomic E-state index is 0.0221. The third-order valence-corrected chi connectivity index (χ3v) is 12.4. The van der Waals surface area contributed by atoms with Crippen LogP contribution < -0.4 is 0 Å². The molecule has 3 fully saturated rings. The number of carbonyl (C=O) groups excluding carboxylic acids is 1. The molecule has 3 nitrogen and oxygen atoms in total. The highest BCUT2D eigenvalue weighted by Crippen LogP contribution is 2.68. The van der Waals surface area contributed by atoms with Gasteiger partial charge in [-0.25, -0.2) is 0 Å². The Balaban J connectivity index is 1.60. The maximum atomic E-state index is 12.2. The van der Waals surface area contributed by atoms with Crippen LogP contribution in [0.15, 0.2) is 11.1 Å². The molecule has 3 heteroatoms. The lowest BCUT2D eigenvalue weighted by molar-refractivity contribution is -0.151. The summed E-state index contributed by atoms with van der Waals surface area (Å²) in [7, 11) is 0. The molecule has 3 saturated carbocycles. The first kappa shape index (κ1) is 30.1. The van der Waals surface area contributed by atoms with Crippen molar-refractivity contribution in [1.82, 2.24) is 4.90 Å². The van der Waals surface area contributed by atoms with E-state index >= 15 is 0 Å². The molecule has 0 aromatic rings. The maximum absolute atomic E-state index is 12.2. The fraction of sp³-hybridized carbons (Fsp3) is 0.914. The molecule has 218 valence electrons. The largest absolute Gasteiger partial charge is 0.462 e. The third kappa shape index (κ3) is 5.80. The fourth-order valence-electron chi connectivity index (χ4n) is 10.2. The van der Waals surface area contributed by atoms with Crippen LogP contribution in [0.1, 0.15) is 132 Å². The summed E-state index contributed by atoms with van der Waals surface area (Å²) in [5, 5.41) is 0. The molecule has 0 radical (unpaired) electrons. The highest BCUT2D eigenvalue weighted by atomic mass is 16.5. The van der Waals surface area contributed by atoms with Gasteiger partial charge in [-0.3, -0.25) is 9.69 Å². The van der Waals surface area contributed by atoms with Gasteiger partial charge in [-0.15, -0.1) is 0 Å². The van der Waals surface area contributed by atoms with Gasteiger partial charge in [0, 0.05) is 19.4 Å². The Hall–Kier alpha value is -0.830. The molecule has 0 unspecified atom stereocenters. The second-order valence-corrected chi connectivity index (χ2v) is 14.8. The van der Waals surface area contributed by atoms with Gasteiger partial charge in [0.15, 0.2) is 0 Å². The molecule has 0 heterocycles. The number of ether oxygens (including phenoxy) is 1. The summed E-state index contributed by atoms with van der Waals surface area (Å²) in [6.07, 6.45) is 15.1. The number of hydrogen-bond donors (Lipinski definition) is 0. The lowest BCUT2D eigenvalue weighted by Crippen LogP contribution is -2.52. The Morgan fingerprint density at radius 3 is 2.34 bits per heavy atom. The minimum Gasteiger partial charge on any atom is -0.462 e. The van der Waals surface area contributed by atoms with Crippen LogP contribution in [0.5, 0.6) is 0 Å². The summed E-state index contributed by atoms with van der Waals surface area (Å²) in [6.45, 7) is 22.6. The monoisotopic (exact) mass is 527 g/mol. The summed E-state index contributed by atoms with van der Waals surface area (Å²) in [5.41, 5.74) is 4.25. The van der Waals surface area contributed by atoms with Crippen molar-refractivity contribution in [3.8, 4) is 0 Å². The van der Waals surface area contributed by atoms with Crippen LogP contribution in [0.3, 0.4) is 0 Å². The predicted molar refractivity (Wildman–Crippen MR) is 160 cm³/mol. The van der Waals surface area contributed by atoms with Crippen LogP contribution in [-0.4, -0.2) is 36.6 Å². The molecule has 4 rings (SSSR count). The van der Waals surface area contributed by atoms with Crippen molar-refractivity contribution in [3.63, 3.8) is 0 Å². The zero-order valence-corrected chi connectivity index (χ0v) is 26.4. The van der Waals surface area contributed by atoms with Gasteiger partial charge in [-0.05, 0) is 104 Å². The first-order valence-corrected chi connectivity index (χ1v) is 16.7. The van der Waals surface area contributed by atoms with Crippen molar-refractivity contribution in [3.05, 3.63) is 11.1 Å². The summed E-state index contributed by atoms with van der Waals surface area (Å²) >= 11 is 0. The number of likely N-dealkylation sites (N-methyl/N-ethyl adjacent to an activating group) is 1. The molecule has 0 aromatic carbocycles. The van der Waals surface area contributed by atoms with Gasteiger partial charge < -0.3 is 4.74 Å². The average molecular weight is 528 g/mol. The summed E-state index contributed by atoms with van der Waals surface area (Å²) < 4.78 is 5.96. The molecule has 0 amide bonds. The van der Waals surface area contributed by atoms with Gasteiger partial charge in [0.25, 0.3) is 0 Å². The zero-order chi connectivity index (χ0) is 27.7. The molecule has 0 bridgehead atoms. The van der Waals surface area contributed by atoms with Crippen LogP contribution in [0.25, 0.3) is 0 Å². The lowest BCUT2D eigenvalue weighted by atomic mass is 9.46. The van der Waals surface area contributed by atoms with Gasteiger partial charge in [0.05, 0.1) is 0 Å². The topological polar surface area (TPSA) is 29.5 Å². The van der Waals surface area contributed by atoms with E-state index in [0.717, 1.165) is 68.0 Å². The summed E-state index contributed by atoms with van der Waals surface area (Å²) in [4.78, 5) is 14.8. The molecule has 38 heavy (non-hydrogen) atoms. The first-order valence-electron chi connectivity index (χ1n) is 16.7. The van der Waals surface area contributed by atoms with E-state index in [1.807, 2.05) is 6.92 Å². The Labute approximate surface area is 235 Å². The van der Waals surface area contributed by atoms with Crippen molar-refractivity contribution < 1.29 is 9.53 Å². The number of esters is 1. The summed E-state index contributed by atoms with van der Waals surface area (Å²) in [6, 6.07) is 0. The maximum Gasteiger partial charge on any atom is 0.305 e. The molecule has 8 atom stereocenters. The van der Waals surface area contributed by atoms with Crippen molar-refractivity contribution in [2.75, 3.05) is 19.6 Å². The first-order chi connectivity index (χ1) is 18.1. The molecular weight excluding hydrogens is 466 g/mol. The van der Waals surface area contributed by atoms with E-state index in [0.29, 0.717) is 17.3 Å². The van der Waals surface area contributed by atoms with Crippen LogP contribution in [0.2, 0.25) is 0 Å². The van der Waals surface area contributed by atoms with Crippen molar-refractivity contribution in [2.24, 2.45) is 46.3 Å². The van der Waals surface area contributed by atoms with Crippen LogP contribution >= 0.6 is 0 Å². The smallest absolute Gasteiger partial charge is 0.305 e. The zero-order valence-electron chi connectivity index (χ0n) is 26.4. The quantitative estimate of drug-likeness (QED) is 0.198. The molecule has 4 aliphatic carbocycles. The van der Waals surface area contributed by atoms with Crippen LogP contribution in [0, 0.1) is 46.3 Å². The Morgan fingerprint density at radius 2 is 1.68 bits per heavy atom. The molecule has 0 spiro atoms. The molecule has 0 aromatic heterocycles. The standard InChI is InChI=1S/C35H61NO2/c1-9-33(37)38-27-17-19-35(8)31-18-20-34(7)29(25(6)14-12-13-24(4)5)15-16-30(34)28(31)21-26(32(35)22-27)23-36(10-2)11-3/h24-25,27-31H,9-23H2,1-8H3/t25-,27+,28+,29-,30+,31+,34-,35-/m1/s1. The highest BCUT2D eigenvalue weighted by molar-refractivity contribution is 5.69. The molecular formula is C35H61NO2. The van der Waals surface area contributed by atoms with Crippen molar-refractivity contribution >= 4 is 5.97 Å². The van der Waals surface area contributed by atoms with Crippen LogP contribution in [0.4, 0.5) is 0 Å². The van der Waals surface area contributed by atoms with E-state index in [4.69, 9.17) is 4.74 Å². The fourth-order valence-corrected chi connectivity index (χ4v) is 10.2. The minimum atomic E-state index is -0.0221. The number of rotatable bonds is 11. The van der Waals surface area contributed by atoms with Gasteiger partial charge in [0.2, 0.25) is 0 Å². The van der Waals surface area contributed by atoms with E-state index in [1.54, 1.807) is 11.1 Å². The molecule has 0 N–H and O–H groups in total. The highest BCUT2D eigenvalue weighted by Gasteiger charge is 2.60. The van der Waals surface area contributed by atoms with E-state index in [9.17, 15) is 4.79 Å². The molecule has 4 aliphatic rings. The van der Waals surface area contributed by atoms with Crippen molar-refractivity contribution in [1.29, 1.82) is 0 Å². The normalized spacial score (nSPS) is 37.7. The van der Waals surface area contributed by atoms with Gasteiger partial charge in [-0.1, -0.05) is 85.8 Å². The molecule has 0 aliphatic heterocycles. The Kier molecular flexibility index (Phi) is 9.80. The van der Waals surface area contributed by atoms with Crippen molar-refractivity contribution in [2.45, 2.75) is 139 Å². The van der Waals surface area contributed by atoms with Gasteiger partial charge in [0.1, 0.15) is 6.10 Å². The lowest BCUT2D eigenvalue weighted by Gasteiger charge is -2.60. The summed E-state index contributed by atoms with van der Waals surface area (Å²) in [5.74, 6) is 5.13. The number of hydrogen-bond acceptors (Lipinski definition) is 3. The second-order valence-electron chi connectivity index (χ2n) is 14.8. The number of nitrogens with zero attached hydrogens (tertiary/aromatic N) is 1. The third-order valence-electron chi connectivity index (χ3n) is 12.4. The Bertz CT molecular complexity index is 843. The molecule has 0 saturated heterocycles. The van der Waals surface area contributed by atoms with Gasteiger partial charge in [-0.2, -0.15) is 0 Å². The number of fused-ring (bicyclic) bond motifs is 5. The Morgan fingerprint density at radius 1 is 0.947 bits per heavy atom. The SMILES string of the molecule is CCC(=O)O[C@H]1CC[C@@]2(C)C(=C(CN(CC)CC)C[C@H]3[C@@H]4CC[C@H]([C@H](C)CCCC(C)C)[C@@]4(C)CC[C@@H]32)C1. The average Bonchev–Trinajstić information content (AvgIpc) is 3.24. The van der Waals surface area contributed by atoms with E-state index < -0.39 is 0 Å². The van der Waals surface area contributed by atoms with E-state index in [-0.39, 0.29) is 12.1 Å². The second kappa shape index (κ2) is 12.4. The predicted octanol–water partition coefficient (Wildman–Crippen LogP) is 9.06. The number of carbonyl (C=O) groups is 1.